The Hall–Kier alpha value is -0.810. The average molecular weight is 215 g/mol. The molecule has 0 aromatic carbocycles. The lowest BCUT2D eigenvalue weighted by molar-refractivity contribution is 0.0597. The van der Waals surface area contributed by atoms with Crippen LogP contribution in [0.25, 0.3) is 0 Å². The quantitative estimate of drug-likeness (QED) is 0.629. The van der Waals surface area contributed by atoms with E-state index in [1.54, 1.807) is 0 Å². The highest BCUT2D eigenvalue weighted by Crippen LogP contribution is 2.63. The molecule has 0 aromatic heterocycles. The zero-order valence-corrected chi connectivity index (χ0v) is 9.54. The minimum absolute atomic E-state index is 0.393. The van der Waals surface area contributed by atoms with Gasteiger partial charge in [-0.05, 0) is 36.0 Å². The van der Waals surface area contributed by atoms with E-state index < -0.39 is 0 Å². The maximum Gasteiger partial charge on any atom is 0.0658 e. The maximum atomic E-state index is 8.93. The van der Waals surface area contributed by atoms with Crippen LogP contribution in [0.3, 0.4) is 0 Å². The third-order valence-corrected chi connectivity index (χ3v) is 5.60. The number of allylic oxidation sites excluding steroid dienone is 2. The first-order valence-electron chi connectivity index (χ1n) is 6.52. The molecule has 2 heteroatoms. The maximum absolute atomic E-state index is 8.93. The van der Waals surface area contributed by atoms with Gasteiger partial charge in [0.05, 0.1) is 18.3 Å². The summed E-state index contributed by atoms with van der Waals surface area (Å²) in [5, 5.41) is 8.93. The summed E-state index contributed by atoms with van der Waals surface area (Å²) in [6, 6.07) is 2.35. The van der Waals surface area contributed by atoms with Gasteiger partial charge in [-0.2, -0.15) is 5.26 Å². The van der Waals surface area contributed by atoms with E-state index in [0.717, 1.165) is 23.7 Å². The van der Waals surface area contributed by atoms with Crippen molar-refractivity contribution in [3.8, 4) is 6.07 Å². The summed E-state index contributed by atoms with van der Waals surface area (Å²) in [5.41, 5.74) is 0. The molecule has 1 saturated carbocycles. The average Bonchev–Trinajstić information content (AvgIpc) is 2.97. The summed E-state index contributed by atoms with van der Waals surface area (Å²) in [4.78, 5) is 0. The Labute approximate surface area is 96.3 Å². The summed E-state index contributed by atoms with van der Waals surface area (Å²) in [6.07, 6.45) is 7.72. The fourth-order valence-electron chi connectivity index (χ4n) is 5.00. The first-order chi connectivity index (χ1) is 7.81. The summed E-state index contributed by atoms with van der Waals surface area (Å²) < 4.78 is 6.21. The number of rotatable bonds is 1. The first kappa shape index (κ1) is 9.24. The van der Waals surface area contributed by atoms with Gasteiger partial charge < -0.3 is 4.74 Å². The van der Waals surface area contributed by atoms with Crippen molar-refractivity contribution in [3.63, 3.8) is 0 Å². The lowest BCUT2D eigenvalue weighted by Crippen LogP contribution is -2.40. The molecule has 84 valence electrons. The second kappa shape index (κ2) is 2.90. The van der Waals surface area contributed by atoms with E-state index in [4.69, 9.17) is 10.00 Å². The van der Waals surface area contributed by atoms with Crippen LogP contribution in [0, 0.1) is 46.8 Å². The van der Waals surface area contributed by atoms with Crippen LogP contribution < -0.4 is 0 Å². The highest BCUT2D eigenvalue weighted by Gasteiger charge is 2.64. The second-order valence-corrected chi connectivity index (χ2v) is 6.05. The van der Waals surface area contributed by atoms with Crippen LogP contribution in [0.5, 0.6) is 0 Å². The van der Waals surface area contributed by atoms with Gasteiger partial charge >= 0.3 is 0 Å². The molecule has 2 aliphatic carbocycles. The zero-order chi connectivity index (χ0) is 10.9. The Balaban J connectivity index is 1.70. The third kappa shape index (κ3) is 0.880. The molecule has 2 saturated heterocycles. The van der Waals surface area contributed by atoms with Crippen molar-refractivity contribution in [2.45, 2.75) is 32.0 Å². The minimum atomic E-state index is 0.393. The van der Waals surface area contributed by atoms with E-state index in [-0.39, 0.29) is 0 Å². The molecule has 16 heavy (non-hydrogen) atoms. The molecule has 4 rings (SSSR count). The largest absolute Gasteiger partial charge is 0.374 e. The number of nitriles is 1. The lowest BCUT2D eigenvalue weighted by Gasteiger charge is -2.36. The molecule has 2 nitrogen and oxygen atoms in total. The van der Waals surface area contributed by atoms with Crippen LogP contribution in [0.15, 0.2) is 12.2 Å². The number of hydrogen-bond acceptors (Lipinski definition) is 2. The minimum Gasteiger partial charge on any atom is -0.374 e. The SMILES string of the molecule is CC1C(CC#N)C2OC1C1C3C=CC(C3)C21. The molecule has 0 aromatic rings. The predicted molar refractivity (Wildman–Crippen MR) is 59.3 cm³/mol. The third-order valence-electron chi connectivity index (χ3n) is 5.60. The molecule has 2 heterocycles. The van der Waals surface area contributed by atoms with Gasteiger partial charge in [0.1, 0.15) is 0 Å². The van der Waals surface area contributed by atoms with E-state index in [0.29, 0.717) is 30.5 Å². The van der Waals surface area contributed by atoms with Gasteiger partial charge in [0.2, 0.25) is 0 Å². The van der Waals surface area contributed by atoms with Crippen LogP contribution in [-0.2, 0) is 4.74 Å². The van der Waals surface area contributed by atoms with E-state index in [2.05, 4.69) is 25.1 Å². The van der Waals surface area contributed by atoms with Crippen LogP contribution in [0.1, 0.15) is 19.8 Å². The van der Waals surface area contributed by atoms with Gasteiger partial charge in [0.15, 0.2) is 0 Å². The van der Waals surface area contributed by atoms with Crippen molar-refractivity contribution in [2.75, 3.05) is 0 Å². The standard InChI is InChI=1S/C14H17NO/c1-7-10(4-5-15)14-12-9-3-2-8(6-9)11(12)13(7)16-14/h2-3,7-14H,4,6H2,1H3. The Morgan fingerprint density at radius 1 is 1.25 bits per heavy atom. The molecule has 3 fully saturated rings. The lowest BCUT2D eigenvalue weighted by atomic mass is 9.65. The van der Waals surface area contributed by atoms with Crippen molar-refractivity contribution in [3.05, 3.63) is 12.2 Å². The number of nitrogens with zero attached hydrogens (tertiary/aromatic N) is 1. The highest BCUT2D eigenvalue weighted by molar-refractivity contribution is 5.22. The van der Waals surface area contributed by atoms with E-state index in [9.17, 15) is 0 Å². The molecule has 0 radical (unpaired) electrons. The fourth-order valence-corrected chi connectivity index (χ4v) is 5.00. The van der Waals surface area contributed by atoms with Crippen molar-refractivity contribution in [1.29, 1.82) is 5.26 Å². The highest BCUT2D eigenvalue weighted by atomic mass is 16.5. The summed E-state index contributed by atoms with van der Waals surface area (Å²) in [5.74, 6) is 4.18. The molecular weight excluding hydrogens is 198 g/mol. The van der Waals surface area contributed by atoms with Crippen molar-refractivity contribution in [2.24, 2.45) is 35.5 Å². The second-order valence-electron chi connectivity index (χ2n) is 6.05. The molecule has 8 unspecified atom stereocenters. The van der Waals surface area contributed by atoms with Gasteiger partial charge in [-0.1, -0.05) is 19.1 Å². The summed E-state index contributed by atoms with van der Waals surface area (Å²) in [7, 11) is 0. The number of hydrogen-bond donors (Lipinski definition) is 0. The van der Waals surface area contributed by atoms with Gasteiger partial charge in [-0.3, -0.25) is 0 Å². The molecule has 0 spiro atoms. The van der Waals surface area contributed by atoms with Gasteiger partial charge in [-0.25, -0.2) is 0 Å². The summed E-state index contributed by atoms with van der Waals surface area (Å²) >= 11 is 0. The van der Waals surface area contributed by atoms with Crippen LogP contribution in [-0.4, -0.2) is 12.2 Å². The number of fused-ring (bicyclic) bond motifs is 9. The van der Waals surface area contributed by atoms with E-state index >= 15 is 0 Å². The van der Waals surface area contributed by atoms with Gasteiger partial charge in [-0.15, -0.1) is 0 Å². The van der Waals surface area contributed by atoms with Gasteiger partial charge in [0, 0.05) is 12.3 Å². The Morgan fingerprint density at radius 3 is 2.62 bits per heavy atom. The van der Waals surface area contributed by atoms with Crippen LogP contribution in [0.4, 0.5) is 0 Å². The number of ether oxygens (including phenoxy) is 1. The topological polar surface area (TPSA) is 33.0 Å². The molecule has 8 atom stereocenters. The van der Waals surface area contributed by atoms with Crippen LogP contribution in [0.2, 0.25) is 0 Å². The zero-order valence-electron chi connectivity index (χ0n) is 9.54. The normalized spacial score (nSPS) is 60.2. The van der Waals surface area contributed by atoms with Crippen molar-refractivity contribution >= 4 is 0 Å². The van der Waals surface area contributed by atoms with Crippen molar-refractivity contribution < 1.29 is 4.74 Å². The molecule has 4 bridgehead atoms. The first-order valence-corrected chi connectivity index (χ1v) is 6.52. The predicted octanol–water partition coefficient (Wildman–Crippen LogP) is 2.37. The fraction of sp³-hybridized carbons (Fsp3) is 0.786. The molecular formula is C14H17NO. The van der Waals surface area contributed by atoms with E-state index in [1.807, 2.05) is 0 Å². The van der Waals surface area contributed by atoms with Gasteiger partial charge in [0.25, 0.3) is 0 Å². The Bertz CT molecular complexity index is 396. The monoisotopic (exact) mass is 215 g/mol. The molecule has 4 aliphatic rings. The van der Waals surface area contributed by atoms with Crippen molar-refractivity contribution in [1.82, 2.24) is 0 Å². The Kier molecular flexibility index (Phi) is 1.67. The molecule has 0 amide bonds. The van der Waals surface area contributed by atoms with Crippen LogP contribution >= 0.6 is 0 Å². The summed E-state index contributed by atoms with van der Waals surface area (Å²) in [6.45, 7) is 2.29. The smallest absolute Gasteiger partial charge is 0.0658 e. The van der Waals surface area contributed by atoms with E-state index in [1.165, 1.54) is 6.42 Å². The molecule has 2 aliphatic heterocycles. The molecule has 0 N–H and O–H groups in total. The Morgan fingerprint density at radius 2 is 1.94 bits per heavy atom.